The van der Waals surface area contributed by atoms with Crippen LogP contribution in [0.5, 0.6) is 5.75 Å². The second-order valence-corrected chi connectivity index (χ2v) is 4.07. The minimum atomic E-state index is 0.227. The van der Waals surface area contributed by atoms with Gasteiger partial charge in [0.2, 0.25) is 0 Å². The Hall–Kier alpha value is -1.28. The van der Waals surface area contributed by atoms with Gasteiger partial charge in [0.1, 0.15) is 5.75 Å². The molecular formula is C13H16O2. The van der Waals surface area contributed by atoms with Gasteiger partial charge in [0, 0.05) is 12.2 Å². The Bertz CT molecular complexity index is 405. The summed E-state index contributed by atoms with van der Waals surface area (Å²) in [5.41, 5.74) is 4.83. The Morgan fingerprint density at radius 2 is 2.13 bits per heavy atom. The van der Waals surface area contributed by atoms with E-state index in [0.29, 0.717) is 5.75 Å². The summed E-state index contributed by atoms with van der Waals surface area (Å²) in [5, 5.41) is 18.6. The van der Waals surface area contributed by atoms with E-state index in [0.717, 1.165) is 24.8 Å². The number of phenols is 1. The van der Waals surface area contributed by atoms with E-state index >= 15 is 0 Å². The second-order valence-electron chi connectivity index (χ2n) is 4.07. The smallest absolute Gasteiger partial charge is 0.119 e. The number of benzene rings is 1. The average molecular weight is 204 g/mol. The summed E-state index contributed by atoms with van der Waals surface area (Å²) in [6.45, 7) is 2.33. The summed E-state index contributed by atoms with van der Waals surface area (Å²) in [5.74, 6) is 0.394. The quantitative estimate of drug-likeness (QED) is 0.794. The number of phenolic OH excluding ortho intramolecular Hbond substituents is 1. The topological polar surface area (TPSA) is 40.5 Å². The summed E-state index contributed by atoms with van der Waals surface area (Å²) in [6, 6.07) is 5.67. The molecule has 1 aliphatic carbocycles. The Balaban J connectivity index is 2.34. The molecule has 1 aromatic rings. The van der Waals surface area contributed by atoms with Crippen LogP contribution in [0.2, 0.25) is 0 Å². The molecule has 2 heteroatoms. The maximum atomic E-state index is 9.72. The molecule has 0 spiro atoms. The maximum Gasteiger partial charge on any atom is 0.119 e. The zero-order chi connectivity index (χ0) is 10.8. The maximum absolute atomic E-state index is 9.72. The molecule has 80 valence electrons. The first-order chi connectivity index (χ1) is 7.24. The fraction of sp³-hybridized carbons (Fsp3) is 0.385. The lowest BCUT2D eigenvalue weighted by atomic mass is 10.0. The van der Waals surface area contributed by atoms with E-state index < -0.39 is 0 Å². The molecule has 0 atom stereocenters. The Morgan fingerprint density at radius 3 is 2.87 bits per heavy atom. The first-order valence-corrected chi connectivity index (χ1v) is 5.34. The van der Waals surface area contributed by atoms with E-state index in [1.807, 2.05) is 6.07 Å². The van der Waals surface area contributed by atoms with Crippen LogP contribution in [0.15, 0.2) is 23.8 Å². The second kappa shape index (κ2) is 4.07. The normalized spacial score (nSPS) is 14.5. The molecule has 0 unspecified atom stereocenters. The number of aromatic hydroxyl groups is 1. The lowest BCUT2D eigenvalue weighted by Gasteiger charge is -2.06. The Morgan fingerprint density at radius 1 is 1.33 bits per heavy atom. The van der Waals surface area contributed by atoms with Gasteiger partial charge in [-0.25, -0.2) is 0 Å². The third kappa shape index (κ3) is 1.77. The lowest BCUT2D eigenvalue weighted by molar-refractivity contribution is 0.290. The number of hydrogen-bond donors (Lipinski definition) is 2. The van der Waals surface area contributed by atoms with Gasteiger partial charge in [-0.15, -0.1) is 0 Å². The molecule has 0 radical (unpaired) electrons. The third-order valence-electron chi connectivity index (χ3n) is 3.02. The van der Waals surface area contributed by atoms with Gasteiger partial charge in [0.05, 0.1) is 0 Å². The molecule has 0 aromatic heterocycles. The van der Waals surface area contributed by atoms with Crippen molar-refractivity contribution in [3.63, 3.8) is 0 Å². The zero-order valence-electron chi connectivity index (χ0n) is 8.95. The van der Waals surface area contributed by atoms with Crippen LogP contribution in [-0.4, -0.2) is 16.8 Å². The molecule has 0 saturated carbocycles. The Kier molecular flexibility index (Phi) is 2.78. The predicted molar refractivity (Wildman–Crippen MR) is 60.7 cm³/mol. The van der Waals surface area contributed by atoms with E-state index in [2.05, 4.69) is 13.0 Å². The van der Waals surface area contributed by atoms with E-state index in [-0.39, 0.29) is 6.61 Å². The molecule has 0 saturated heterocycles. The van der Waals surface area contributed by atoms with Crippen molar-refractivity contribution in [1.29, 1.82) is 0 Å². The van der Waals surface area contributed by atoms with Gasteiger partial charge in [-0.1, -0.05) is 17.7 Å². The number of aliphatic hydroxyl groups excluding tert-OH is 1. The summed E-state index contributed by atoms with van der Waals surface area (Å²) in [4.78, 5) is 0. The van der Waals surface area contributed by atoms with Gasteiger partial charge in [0.25, 0.3) is 0 Å². The van der Waals surface area contributed by atoms with E-state index in [1.54, 1.807) is 6.07 Å². The van der Waals surface area contributed by atoms with Crippen LogP contribution in [0, 0.1) is 0 Å². The van der Waals surface area contributed by atoms with Crippen molar-refractivity contribution in [2.45, 2.75) is 26.2 Å². The van der Waals surface area contributed by atoms with Crippen LogP contribution in [0.25, 0.3) is 5.57 Å². The van der Waals surface area contributed by atoms with E-state index in [4.69, 9.17) is 5.11 Å². The number of allylic oxidation sites excluding steroid dienone is 2. The third-order valence-corrected chi connectivity index (χ3v) is 3.02. The van der Waals surface area contributed by atoms with Gasteiger partial charge in [-0.2, -0.15) is 0 Å². The van der Waals surface area contributed by atoms with E-state index in [1.165, 1.54) is 16.7 Å². The van der Waals surface area contributed by atoms with Crippen molar-refractivity contribution < 1.29 is 10.2 Å². The fourth-order valence-corrected chi connectivity index (χ4v) is 2.25. The van der Waals surface area contributed by atoms with Crippen molar-refractivity contribution >= 4 is 5.57 Å². The molecule has 0 heterocycles. The minimum absolute atomic E-state index is 0.227. The van der Waals surface area contributed by atoms with Crippen LogP contribution >= 0.6 is 0 Å². The summed E-state index contributed by atoms with van der Waals surface area (Å²) < 4.78 is 0. The van der Waals surface area contributed by atoms with Gasteiger partial charge < -0.3 is 10.2 Å². The Labute approximate surface area is 89.9 Å². The standard InChI is InChI=1S/C13H16O2/c1-9-8-12-11(4-2-6-13(12)15)10(9)5-3-7-14/h2,4,6,14-15H,3,5,7-8H2,1H3. The van der Waals surface area contributed by atoms with E-state index in [9.17, 15) is 5.11 Å². The molecule has 0 bridgehead atoms. The highest BCUT2D eigenvalue weighted by Crippen LogP contribution is 2.39. The number of hydrogen-bond acceptors (Lipinski definition) is 2. The molecule has 2 nitrogen and oxygen atoms in total. The zero-order valence-corrected chi connectivity index (χ0v) is 8.95. The van der Waals surface area contributed by atoms with Crippen LogP contribution in [0.4, 0.5) is 0 Å². The monoisotopic (exact) mass is 204 g/mol. The molecule has 2 N–H and O–H groups in total. The molecular weight excluding hydrogens is 188 g/mol. The summed E-state index contributed by atoms with van der Waals surface area (Å²) in [6.07, 6.45) is 2.54. The minimum Gasteiger partial charge on any atom is -0.508 e. The van der Waals surface area contributed by atoms with Crippen molar-refractivity contribution in [3.8, 4) is 5.75 Å². The van der Waals surface area contributed by atoms with Crippen molar-refractivity contribution in [2.75, 3.05) is 6.61 Å². The molecule has 15 heavy (non-hydrogen) atoms. The average Bonchev–Trinajstić information content (AvgIpc) is 2.54. The van der Waals surface area contributed by atoms with Gasteiger partial charge >= 0.3 is 0 Å². The van der Waals surface area contributed by atoms with Crippen molar-refractivity contribution in [3.05, 3.63) is 34.9 Å². The number of rotatable bonds is 3. The fourth-order valence-electron chi connectivity index (χ4n) is 2.25. The summed E-state index contributed by atoms with van der Waals surface area (Å²) in [7, 11) is 0. The highest BCUT2D eigenvalue weighted by atomic mass is 16.3. The first-order valence-electron chi connectivity index (χ1n) is 5.34. The van der Waals surface area contributed by atoms with Crippen LogP contribution in [0.1, 0.15) is 30.9 Å². The highest BCUT2D eigenvalue weighted by molar-refractivity contribution is 5.77. The largest absolute Gasteiger partial charge is 0.508 e. The first kappa shape index (κ1) is 10.2. The van der Waals surface area contributed by atoms with Crippen LogP contribution in [0.3, 0.4) is 0 Å². The highest BCUT2D eigenvalue weighted by Gasteiger charge is 2.20. The number of aliphatic hydroxyl groups is 1. The number of fused-ring (bicyclic) bond motifs is 1. The molecule has 0 fully saturated rings. The van der Waals surface area contributed by atoms with Crippen LogP contribution in [-0.2, 0) is 6.42 Å². The van der Waals surface area contributed by atoms with Crippen molar-refractivity contribution in [2.24, 2.45) is 0 Å². The lowest BCUT2D eigenvalue weighted by Crippen LogP contribution is -1.88. The molecule has 1 aliphatic rings. The summed E-state index contributed by atoms with van der Waals surface area (Å²) >= 11 is 0. The molecule has 0 amide bonds. The SMILES string of the molecule is CC1=C(CCCO)c2cccc(O)c2C1. The van der Waals surface area contributed by atoms with Gasteiger partial charge in [-0.3, -0.25) is 0 Å². The molecule has 2 rings (SSSR count). The van der Waals surface area contributed by atoms with Crippen molar-refractivity contribution in [1.82, 2.24) is 0 Å². The molecule has 0 aliphatic heterocycles. The van der Waals surface area contributed by atoms with Gasteiger partial charge in [0.15, 0.2) is 0 Å². The van der Waals surface area contributed by atoms with Gasteiger partial charge in [-0.05, 0) is 43.4 Å². The van der Waals surface area contributed by atoms with Crippen LogP contribution < -0.4 is 0 Å². The molecule has 1 aromatic carbocycles. The predicted octanol–water partition coefficient (Wildman–Crippen LogP) is 2.49.